The predicted octanol–water partition coefficient (Wildman–Crippen LogP) is 4.91. The summed E-state index contributed by atoms with van der Waals surface area (Å²) in [5.41, 5.74) is 6.63. The van der Waals surface area contributed by atoms with Crippen LogP contribution in [-0.2, 0) is 4.84 Å². The highest BCUT2D eigenvalue weighted by molar-refractivity contribution is 5.39. The second-order valence-corrected chi connectivity index (χ2v) is 9.95. The molecular formula is C21H38N2O. The molecule has 0 radical (unpaired) electrons. The van der Waals surface area contributed by atoms with Gasteiger partial charge in [0.15, 0.2) is 0 Å². The highest BCUT2D eigenvalue weighted by atomic mass is 16.7. The predicted molar refractivity (Wildman–Crippen MR) is 103 cm³/mol. The first kappa shape index (κ1) is 19.5. The molecule has 1 saturated heterocycles. The van der Waals surface area contributed by atoms with Crippen molar-refractivity contribution in [3.63, 3.8) is 0 Å². The fraction of sp³-hybridized carbons (Fsp3) is 0.810. The minimum Gasteiger partial charge on any atom is -0.412 e. The standard InChI is InChI=1S/C21H38N2O/c1-20(2,3)16-12-15-13-17(10-9-11-23(7)8)22-24-19(15)18(14-16)21(4,5)6/h14-15,17,22H,9-13H2,1-8H3. The third-order valence-corrected chi connectivity index (χ3v) is 5.25. The first-order valence-corrected chi connectivity index (χ1v) is 9.51. The van der Waals surface area contributed by atoms with Gasteiger partial charge in [-0.15, -0.1) is 0 Å². The number of nitrogens with zero attached hydrogens (tertiary/aromatic N) is 1. The van der Waals surface area contributed by atoms with Crippen molar-refractivity contribution in [2.75, 3.05) is 20.6 Å². The molecule has 2 atom stereocenters. The minimum absolute atomic E-state index is 0.115. The summed E-state index contributed by atoms with van der Waals surface area (Å²) in [6.07, 6.45) is 7.15. The molecule has 3 heteroatoms. The van der Waals surface area contributed by atoms with Crippen molar-refractivity contribution in [1.82, 2.24) is 10.4 Å². The molecule has 1 heterocycles. The van der Waals surface area contributed by atoms with E-state index in [-0.39, 0.29) is 10.8 Å². The van der Waals surface area contributed by atoms with Gasteiger partial charge >= 0.3 is 0 Å². The van der Waals surface area contributed by atoms with Gasteiger partial charge in [0, 0.05) is 12.0 Å². The van der Waals surface area contributed by atoms with Gasteiger partial charge in [0.2, 0.25) is 0 Å². The van der Waals surface area contributed by atoms with E-state index in [1.165, 1.54) is 30.6 Å². The maximum Gasteiger partial charge on any atom is 0.131 e. The molecule has 24 heavy (non-hydrogen) atoms. The van der Waals surface area contributed by atoms with Crippen LogP contribution < -0.4 is 5.48 Å². The molecule has 1 aliphatic heterocycles. The lowest BCUT2D eigenvalue weighted by Gasteiger charge is -2.41. The van der Waals surface area contributed by atoms with E-state index in [2.05, 4.69) is 72.1 Å². The van der Waals surface area contributed by atoms with Crippen molar-refractivity contribution in [2.24, 2.45) is 16.7 Å². The number of hydroxylamine groups is 1. The van der Waals surface area contributed by atoms with E-state index in [1.54, 1.807) is 5.57 Å². The van der Waals surface area contributed by atoms with Crippen LogP contribution in [0, 0.1) is 16.7 Å². The number of fused-ring (bicyclic) bond motifs is 1. The number of allylic oxidation sites excluding steroid dienone is 4. The Morgan fingerprint density at radius 1 is 1.12 bits per heavy atom. The Morgan fingerprint density at radius 3 is 2.33 bits per heavy atom. The van der Waals surface area contributed by atoms with Gasteiger partial charge < -0.3 is 9.74 Å². The van der Waals surface area contributed by atoms with Gasteiger partial charge in [-0.3, -0.25) is 0 Å². The van der Waals surface area contributed by atoms with E-state index in [0.717, 1.165) is 13.0 Å². The third-order valence-electron chi connectivity index (χ3n) is 5.25. The Labute approximate surface area is 149 Å². The zero-order valence-electron chi connectivity index (χ0n) is 17.1. The second kappa shape index (κ2) is 7.21. The monoisotopic (exact) mass is 334 g/mol. The molecule has 0 aromatic rings. The molecule has 2 unspecified atom stereocenters. The van der Waals surface area contributed by atoms with Gasteiger partial charge in [0.05, 0.1) is 0 Å². The van der Waals surface area contributed by atoms with Gasteiger partial charge in [0.25, 0.3) is 0 Å². The number of hydrogen-bond donors (Lipinski definition) is 1. The molecule has 0 bridgehead atoms. The van der Waals surface area contributed by atoms with Gasteiger partial charge in [0.1, 0.15) is 5.76 Å². The highest BCUT2D eigenvalue weighted by Gasteiger charge is 2.38. The Morgan fingerprint density at radius 2 is 1.79 bits per heavy atom. The fourth-order valence-electron chi connectivity index (χ4n) is 3.69. The molecule has 2 rings (SSSR count). The van der Waals surface area contributed by atoms with E-state index >= 15 is 0 Å². The molecule has 1 fully saturated rings. The smallest absolute Gasteiger partial charge is 0.131 e. The van der Waals surface area contributed by atoms with Crippen LogP contribution in [-0.4, -0.2) is 31.6 Å². The van der Waals surface area contributed by atoms with Crippen LogP contribution in [0.3, 0.4) is 0 Å². The largest absolute Gasteiger partial charge is 0.412 e. The zero-order valence-corrected chi connectivity index (χ0v) is 17.1. The van der Waals surface area contributed by atoms with Crippen molar-refractivity contribution < 1.29 is 4.84 Å². The first-order chi connectivity index (χ1) is 11.0. The van der Waals surface area contributed by atoms with E-state index in [9.17, 15) is 0 Å². The van der Waals surface area contributed by atoms with Gasteiger partial charge in [-0.05, 0) is 62.7 Å². The van der Waals surface area contributed by atoms with Crippen LogP contribution in [0.15, 0.2) is 23.0 Å². The van der Waals surface area contributed by atoms with Gasteiger partial charge in [-0.25, -0.2) is 0 Å². The SMILES string of the molecule is CN(C)CCCC1CC2CC(C(C)(C)C)=CC(C(C)(C)C)=C2ON1. The normalized spacial score (nSPS) is 25.5. The van der Waals surface area contributed by atoms with Crippen LogP contribution >= 0.6 is 0 Å². The topological polar surface area (TPSA) is 24.5 Å². The summed E-state index contributed by atoms with van der Waals surface area (Å²) in [4.78, 5) is 8.38. The third kappa shape index (κ3) is 4.86. The van der Waals surface area contributed by atoms with Crippen LogP contribution in [0.5, 0.6) is 0 Å². The molecule has 1 aliphatic carbocycles. The lowest BCUT2D eigenvalue weighted by atomic mass is 9.70. The average Bonchev–Trinajstić information content (AvgIpc) is 2.43. The van der Waals surface area contributed by atoms with Crippen molar-refractivity contribution in [1.29, 1.82) is 0 Å². The molecule has 0 amide bonds. The molecule has 0 saturated carbocycles. The van der Waals surface area contributed by atoms with E-state index in [1.807, 2.05) is 0 Å². The molecule has 1 N–H and O–H groups in total. The summed E-state index contributed by atoms with van der Waals surface area (Å²) in [7, 11) is 4.28. The fourth-order valence-corrected chi connectivity index (χ4v) is 3.69. The molecular weight excluding hydrogens is 296 g/mol. The number of hydrogen-bond acceptors (Lipinski definition) is 3. The molecule has 0 aromatic heterocycles. The number of nitrogens with one attached hydrogen (secondary N) is 1. The van der Waals surface area contributed by atoms with Crippen LogP contribution in [0.1, 0.15) is 67.2 Å². The second-order valence-electron chi connectivity index (χ2n) is 9.95. The van der Waals surface area contributed by atoms with E-state index in [0.29, 0.717) is 12.0 Å². The van der Waals surface area contributed by atoms with Crippen molar-refractivity contribution in [3.05, 3.63) is 23.0 Å². The average molecular weight is 335 g/mol. The van der Waals surface area contributed by atoms with Crippen molar-refractivity contribution in [2.45, 2.75) is 73.3 Å². The summed E-state index contributed by atoms with van der Waals surface area (Å²) in [6.45, 7) is 15.0. The lowest BCUT2D eigenvalue weighted by Crippen LogP contribution is -2.41. The summed E-state index contributed by atoms with van der Waals surface area (Å²) < 4.78 is 0. The summed E-state index contributed by atoms with van der Waals surface area (Å²) in [5.74, 6) is 1.73. The van der Waals surface area contributed by atoms with Crippen LogP contribution in [0.25, 0.3) is 0 Å². The molecule has 2 aliphatic rings. The molecule has 138 valence electrons. The Bertz CT molecular complexity index is 503. The molecule has 0 spiro atoms. The Kier molecular flexibility index (Phi) is 5.87. The van der Waals surface area contributed by atoms with Crippen molar-refractivity contribution >= 4 is 0 Å². The Balaban J connectivity index is 2.16. The van der Waals surface area contributed by atoms with Gasteiger partial charge in [-0.2, -0.15) is 5.48 Å². The lowest BCUT2D eigenvalue weighted by molar-refractivity contribution is -0.000515. The van der Waals surface area contributed by atoms with E-state index < -0.39 is 0 Å². The zero-order chi connectivity index (χ0) is 18.1. The maximum absolute atomic E-state index is 6.12. The molecule has 0 aromatic carbocycles. The van der Waals surface area contributed by atoms with Gasteiger partial charge in [-0.1, -0.05) is 53.2 Å². The number of rotatable bonds is 4. The quantitative estimate of drug-likeness (QED) is 0.790. The Hall–Kier alpha value is -0.800. The van der Waals surface area contributed by atoms with Crippen molar-refractivity contribution in [3.8, 4) is 0 Å². The first-order valence-electron chi connectivity index (χ1n) is 9.51. The van der Waals surface area contributed by atoms with Crippen LogP contribution in [0.4, 0.5) is 0 Å². The highest BCUT2D eigenvalue weighted by Crippen LogP contribution is 2.46. The maximum atomic E-state index is 6.12. The summed E-state index contributed by atoms with van der Waals surface area (Å²) in [6, 6.07) is 0.472. The summed E-state index contributed by atoms with van der Waals surface area (Å²) >= 11 is 0. The molecule has 3 nitrogen and oxygen atoms in total. The van der Waals surface area contributed by atoms with E-state index in [4.69, 9.17) is 4.84 Å². The minimum atomic E-state index is 0.115. The summed E-state index contributed by atoms with van der Waals surface area (Å²) in [5, 5.41) is 0. The van der Waals surface area contributed by atoms with Crippen LogP contribution in [0.2, 0.25) is 0 Å².